The van der Waals surface area contributed by atoms with Gasteiger partial charge in [0.15, 0.2) is 0 Å². The molecule has 5 heteroatoms. The number of carbonyl (C=O) groups excluding carboxylic acids is 2. The van der Waals surface area contributed by atoms with E-state index in [-0.39, 0.29) is 32.5 Å². The van der Waals surface area contributed by atoms with Crippen molar-refractivity contribution in [2.45, 2.75) is 119 Å². The first kappa shape index (κ1) is 30.4. The Morgan fingerprint density at radius 3 is 2.40 bits per heavy atom. The first-order chi connectivity index (χ1) is 19.6. The highest BCUT2D eigenvalue weighted by atomic mass is 16.2. The first-order valence-corrected chi connectivity index (χ1v) is 17.3. The van der Waals surface area contributed by atoms with E-state index in [9.17, 15) is 14.9 Å². The van der Waals surface area contributed by atoms with Crippen LogP contribution in [0.5, 0.6) is 0 Å². The molecule has 0 radical (unpaired) electrons. The van der Waals surface area contributed by atoms with Gasteiger partial charge >= 0.3 is 0 Å². The van der Waals surface area contributed by atoms with Crippen LogP contribution in [0.4, 0.5) is 0 Å². The molecule has 0 spiro atoms. The maximum Gasteiger partial charge on any atom is 0.229 e. The lowest BCUT2D eigenvalue weighted by atomic mass is 9.33. The Labute approximate surface area is 255 Å². The molecule has 6 aliphatic rings. The molecule has 0 aromatic rings. The molecule has 232 valence electrons. The van der Waals surface area contributed by atoms with Gasteiger partial charge in [-0.25, -0.2) is 0 Å². The molecule has 0 aromatic carbocycles. The molecule has 4 saturated carbocycles. The normalized spacial score (nSPS) is 44.8. The molecule has 1 saturated heterocycles. The molecular formula is C37H57N3O2. The number of rotatable bonds is 2. The van der Waals surface area contributed by atoms with Gasteiger partial charge in [-0.2, -0.15) is 5.26 Å². The Hall–Kier alpha value is -1.67. The number of fused-ring (bicyclic) bond motifs is 7. The summed E-state index contributed by atoms with van der Waals surface area (Å²) in [6.07, 6.45) is 14.2. The standard InChI is InChI=1S/C37H57N3O2/c1-32(2)15-17-37(31(42)40-21-8-20-39(22-19-38)23-24-40)18-16-35(6)26(27(37)25-32)9-10-29-34(5)13-12-30(41)33(3,4)28(34)11-14-36(29,35)7/h9,27-29H,8,10-18,20-25H2,1-7H3/t27-,28+,29-,34+,35-,36-,37+/m1/s1. The van der Waals surface area contributed by atoms with E-state index in [1.54, 1.807) is 5.57 Å². The molecule has 0 unspecified atom stereocenters. The lowest BCUT2D eigenvalue weighted by Gasteiger charge is -2.70. The first-order valence-electron chi connectivity index (χ1n) is 17.3. The van der Waals surface area contributed by atoms with Gasteiger partial charge in [0.25, 0.3) is 0 Å². The summed E-state index contributed by atoms with van der Waals surface area (Å²) in [5, 5.41) is 9.25. The van der Waals surface area contributed by atoms with Crippen LogP contribution in [0.3, 0.4) is 0 Å². The van der Waals surface area contributed by atoms with Gasteiger partial charge in [0, 0.05) is 38.0 Å². The van der Waals surface area contributed by atoms with Gasteiger partial charge in [0.1, 0.15) is 5.78 Å². The third-order valence-electron chi connectivity index (χ3n) is 15.0. The topological polar surface area (TPSA) is 64.4 Å². The van der Waals surface area contributed by atoms with Gasteiger partial charge in [-0.1, -0.05) is 60.1 Å². The number of allylic oxidation sites excluding steroid dienone is 2. The minimum atomic E-state index is -0.283. The number of nitrogens with zero attached hydrogens (tertiary/aromatic N) is 3. The molecule has 0 aromatic heterocycles. The van der Waals surface area contributed by atoms with Crippen molar-refractivity contribution in [1.82, 2.24) is 9.80 Å². The molecule has 5 nitrogen and oxygen atoms in total. The summed E-state index contributed by atoms with van der Waals surface area (Å²) in [6.45, 7) is 20.8. The summed E-state index contributed by atoms with van der Waals surface area (Å²) in [6, 6.07) is 2.31. The van der Waals surface area contributed by atoms with Crippen molar-refractivity contribution >= 4 is 11.7 Å². The van der Waals surface area contributed by atoms with Crippen molar-refractivity contribution in [3.63, 3.8) is 0 Å². The summed E-state index contributed by atoms with van der Waals surface area (Å²) in [5.74, 6) is 2.26. The van der Waals surface area contributed by atoms with Crippen LogP contribution in [0.2, 0.25) is 0 Å². The van der Waals surface area contributed by atoms with Gasteiger partial charge in [-0.3, -0.25) is 14.5 Å². The van der Waals surface area contributed by atoms with Crippen LogP contribution in [-0.4, -0.2) is 54.2 Å². The van der Waals surface area contributed by atoms with E-state index in [1.807, 2.05) is 0 Å². The van der Waals surface area contributed by atoms with Gasteiger partial charge in [0.2, 0.25) is 5.91 Å². The van der Waals surface area contributed by atoms with E-state index >= 15 is 0 Å². The summed E-state index contributed by atoms with van der Waals surface area (Å²) >= 11 is 0. The smallest absolute Gasteiger partial charge is 0.229 e. The second-order valence-electron chi connectivity index (χ2n) is 17.6. The van der Waals surface area contributed by atoms with E-state index in [1.165, 1.54) is 6.42 Å². The Balaban J connectivity index is 1.37. The molecule has 1 heterocycles. The molecule has 0 N–H and O–H groups in total. The van der Waals surface area contributed by atoms with Crippen LogP contribution in [0.25, 0.3) is 0 Å². The highest BCUT2D eigenvalue weighted by molar-refractivity contribution is 5.86. The summed E-state index contributed by atoms with van der Waals surface area (Å²) in [7, 11) is 0. The Morgan fingerprint density at radius 1 is 0.929 bits per heavy atom. The average molecular weight is 576 g/mol. The van der Waals surface area contributed by atoms with Crippen LogP contribution >= 0.6 is 0 Å². The highest BCUT2D eigenvalue weighted by Gasteiger charge is 2.69. The fraction of sp³-hybridized carbons (Fsp3) is 0.865. The predicted molar refractivity (Wildman–Crippen MR) is 167 cm³/mol. The summed E-state index contributed by atoms with van der Waals surface area (Å²) in [4.78, 5) is 32.3. The number of carbonyl (C=O) groups is 2. The summed E-state index contributed by atoms with van der Waals surface area (Å²) < 4.78 is 0. The number of nitriles is 1. The number of hydrogen-bond acceptors (Lipinski definition) is 4. The van der Waals surface area contributed by atoms with Crippen molar-refractivity contribution in [1.29, 1.82) is 5.26 Å². The number of Topliss-reactive ketones (excluding diaryl/α,β-unsaturated/α-hetero) is 1. The van der Waals surface area contributed by atoms with E-state index in [4.69, 9.17) is 0 Å². The number of hydrogen-bond donors (Lipinski definition) is 0. The van der Waals surface area contributed by atoms with Crippen molar-refractivity contribution in [2.75, 3.05) is 32.7 Å². The second kappa shape index (κ2) is 9.92. The van der Waals surface area contributed by atoms with Gasteiger partial charge < -0.3 is 4.90 Å². The number of ketones is 1. The van der Waals surface area contributed by atoms with Gasteiger partial charge in [-0.05, 0) is 104 Å². The van der Waals surface area contributed by atoms with E-state index in [0.29, 0.717) is 36.0 Å². The summed E-state index contributed by atoms with van der Waals surface area (Å²) in [5.41, 5.74) is 1.84. The Morgan fingerprint density at radius 2 is 1.67 bits per heavy atom. The molecule has 0 bridgehead atoms. The largest absolute Gasteiger partial charge is 0.341 e. The lowest BCUT2D eigenvalue weighted by molar-refractivity contribution is -0.187. The SMILES string of the molecule is CC1(C)CC[C@]2(C(=O)N3CCCN(CC#N)CC3)CC[C@]3(C)C(=CC[C@@H]4[C@@]5(C)CCC(=O)C(C)(C)[C@@H]5CC[C@]43C)[C@H]2C1. The Kier molecular flexibility index (Phi) is 7.17. The quantitative estimate of drug-likeness (QED) is 0.254. The third-order valence-corrected chi connectivity index (χ3v) is 15.0. The average Bonchev–Trinajstić information content (AvgIpc) is 3.16. The van der Waals surface area contributed by atoms with Crippen molar-refractivity contribution in [3.05, 3.63) is 11.6 Å². The van der Waals surface area contributed by atoms with Crippen LogP contribution in [0, 0.1) is 61.6 Å². The molecule has 1 amide bonds. The predicted octanol–water partition coefficient (Wildman–Crippen LogP) is 7.42. The Bertz CT molecular complexity index is 1210. The number of amides is 1. The fourth-order valence-electron chi connectivity index (χ4n) is 12.2. The molecular weight excluding hydrogens is 518 g/mol. The molecule has 5 aliphatic carbocycles. The zero-order valence-corrected chi connectivity index (χ0v) is 27.8. The third kappa shape index (κ3) is 4.16. The van der Waals surface area contributed by atoms with Crippen molar-refractivity contribution in [3.8, 4) is 6.07 Å². The van der Waals surface area contributed by atoms with Gasteiger partial charge in [-0.15, -0.1) is 0 Å². The zero-order chi connectivity index (χ0) is 30.3. The zero-order valence-electron chi connectivity index (χ0n) is 27.8. The minimum Gasteiger partial charge on any atom is -0.341 e. The van der Waals surface area contributed by atoms with Crippen LogP contribution < -0.4 is 0 Å². The maximum atomic E-state index is 14.8. The maximum absolute atomic E-state index is 14.8. The minimum absolute atomic E-state index is 0.0970. The van der Waals surface area contributed by atoms with E-state index in [0.717, 1.165) is 90.4 Å². The van der Waals surface area contributed by atoms with Crippen LogP contribution in [-0.2, 0) is 9.59 Å². The van der Waals surface area contributed by atoms with E-state index in [2.05, 4.69) is 70.4 Å². The molecule has 5 fully saturated rings. The second-order valence-corrected chi connectivity index (χ2v) is 17.6. The molecule has 6 rings (SSSR count). The lowest BCUT2D eigenvalue weighted by Crippen LogP contribution is -2.65. The van der Waals surface area contributed by atoms with Crippen LogP contribution in [0.15, 0.2) is 11.6 Å². The fourth-order valence-corrected chi connectivity index (χ4v) is 12.2. The van der Waals surface area contributed by atoms with Crippen molar-refractivity contribution in [2.24, 2.45) is 50.2 Å². The molecule has 1 aliphatic heterocycles. The van der Waals surface area contributed by atoms with E-state index < -0.39 is 0 Å². The van der Waals surface area contributed by atoms with Crippen molar-refractivity contribution < 1.29 is 9.59 Å². The van der Waals surface area contributed by atoms with Crippen LogP contribution in [0.1, 0.15) is 119 Å². The molecule has 42 heavy (non-hydrogen) atoms. The highest BCUT2D eigenvalue weighted by Crippen LogP contribution is 2.75. The van der Waals surface area contributed by atoms with Gasteiger partial charge in [0.05, 0.1) is 18.0 Å². The molecule has 7 atom stereocenters. The monoisotopic (exact) mass is 575 g/mol.